The van der Waals surface area contributed by atoms with Gasteiger partial charge in [0, 0.05) is 29.7 Å². The maximum atomic E-state index is 11.1. The van der Waals surface area contributed by atoms with E-state index in [0.717, 1.165) is 30.2 Å². The summed E-state index contributed by atoms with van der Waals surface area (Å²) in [5.74, 6) is 0. The lowest BCUT2D eigenvalue weighted by atomic mass is 9.90. The van der Waals surface area contributed by atoms with Crippen LogP contribution >= 0.6 is 15.9 Å². The minimum Gasteiger partial charge on any atom is -0.366 e. The molecule has 6 heteroatoms. The zero-order valence-electron chi connectivity index (χ0n) is 10.9. The summed E-state index contributed by atoms with van der Waals surface area (Å²) in [7, 11) is 1.93. The molecule has 1 aromatic carbocycles. The summed E-state index contributed by atoms with van der Waals surface area (Å²) in [6.07, 6.45) is 3.94. The van der Waals surface area contributed by atoms with Gasteiger partial charge in [0.1, 0.15) is 5.69 Å². The second-order valence-corrected chi connectivity index (χ2v) is 5.99. The van der Waals surface area contributed by atoms with Gasteiger partial charge in [0.05, 0.1) is 4.92 Å². The molecule has 0 amide bonds. The van der Waals surface area contributed by atoms with Crippen LogP contribution in [0.4, 0.5) is 11.4 Å². The number of nitrogens with two attached hydrogens (primary N) is 1. The highest BCUT2D eigenvalue weighted by Gasteiger charge is 2.26. The van der Waals surface area contributed by atoms with E-state index in [1.54, 1.807) is 12.1 Å². The van der Waals surface area contributed by atoms with Crippen molar-refractivity contribution in [1.29, 1.82) is 0 Å². The summed E-state index contributed by atoms with van der Waals surface area (Å²) in [6, 6.07) is 5.67. The van der Waals surface area contributed by atoms with Gasteiger partial charge in [-0.1, -0.05) is 15.9 Å². The molecule has 0 aliphatic heterocycles. The van der Waals surface area contributed by atoms with Crippen LogP contribution in [-0.2, 0) is 0 Å². The predicted molar refractivity (Wildman–Crippen MR) is 79.4 cm³/mol. The van der Waals surface area contributed by atoms with Crippen LogP contribution in [-0.4, -0.2) is 24.1 Å². The molecule has 1 aliphatic carbocycles. The van der Waals surface area contributed by atoms with E-state index in [4.69, 9.17) is 5.73 Å². The Labute approximate surface area is 121 Å². The monoisotopic (exact) mass is 327 g/mol. The van der Waals surface area contributed by atoms with E-state index < -0.39 is 0 Å². The molecule has 0 unspecified atom stereocenters. The Balaban J connectivity index is 2.25. The third kappa shape index (κ3) is 3.25. The van der Waals surface area contributed by atoms with Crippen molar-refractivity contribution in [2.24, 2.45) is 5.73 Å². The van der Waals surface area contributed by atoms with E-state index in [1.165, 1.54) is 0 Å². The van der Waals surface area contributed by atoms with E-state index in [9.17, 15) is 10.1 Å². The van der Waals surface area contributed by atoms with Crippen LogP contribution in [0.2, 0.25) is 0 Å². The molecule has 0 heterocycles. The van der Waals surface area contributed by atoms with Gasteiger partial charge in [-0.25, -0.2) is 0 Å². The zero-order valence-corrected chi connectivity index (χ0v) is 12.5. The first-order chi connectivity index (χ1) is 8.99. The average Bonchev–Trinajstić information content (AvgIpc) is 2.38. The number of nitro groups is 1. The summed E-state index contributed by atoms with van der Waals surface area (Å²) in [5, 5.41) is 11.1. The topological polar surface area (TPSA) is 72.4 Å². The van der Waals surface area contributed by atoms with Gasteiger partial charge in [-0.05, 0) is 37.8 Å². The average molecular weight is 328 g/mol. The number of benzene rings is 1. The largest absolute Gasteiger partial charge is 0.366 e. The minimum absolute atomic E-state index is 0.153. The smallest absolute Gasteiger partial charge is 0.292 e. The maximum Gasteiger partial charge on any atom is 0.292 e. The highest BCUT2D eigenvalue weighted by Crippen LogP contribution is 2.34. The van der Waals surface area contributed by atoms with Crippen LogP contribution in [0, 0.1) is 10.1 Å². The number of hydrogen-bond acceptors (Lipinski definition) is 4. The molecule has 0 bridgehead atoms. The van der Waals surface area contributed by atoms with E-state index in [0.29, 0.717) is 11.7 Å². The molecular weight excluding hydrogens is 310 g/mol. The quantitative estimate of drug-likeness (QED) is 0.684. The molecule has 1 fully saturated rings. The van der Waals surface area contributed by atoms with Crippen LogP contribution in [0.15, 0.2) is 22.7 Å². The fourth-order valence-corrected chi connectivity index (χ4v) is 2.97. The Kier molecular flexibility index (Phi) is 4.42. The fraction of sp³-hybridized carbons (Fsp3) is 0.538. The number of rotatable bonds is 3. The molecule has 0 saturated heterocycles. The van der Waals surface area contributed by atoms with Gasteiger partial charge in [-0.3, -0.25) is 10.1 Å². The fourth-order valence-electron chi connectivity index (χ4n) is 2.62. The van der Waals surface area contributed by atoms with Crippen LogP contribution in [0.3, 0.4) is 0 Å². The van der Waals surface area contributed by atoms with E-state index in [-0.39, 0.29) is 16.7 Å². The van der Waals surface area contributed by atoms with Crippen LogP contribution in [0.1, 0.15) is 25.7 Å². The van der Waals surface area contributed by atoms with Gasteiger partial charge in [-0.2, -0.15) is 0 Å². The van der Waals surface area contributed by atoms with Crippen molar-refractivity contribution in [3.8, 4) is 0 Å². The third-order valence-corrected chi connectivity index (χ3v) is 4.30. The second-order valence-electron chi connectivity index (χ2n) is 5.07. The molecule has 0 aromatic heterocycles. The van der Waals surface area contributed by atoms with E-state index >= 15 is 0 Å². The third-order valence-electron chi connectivity index (χ3n) is 3.80. The summed E-state index contributed by atoms with van der Waals surface area (Å²) in [4.78, 5) is 12.8. The number of nitrogens with zero attached hydrogens (tertiary/aromatic N) is 2. The molecule has 0 atom stereocenters. The van der Waals surface area contributed by atoms with Gasteiger partial charge in [0.25, 0.3) is 5.69 Å². The molecule has 5 nitrogen and oxygen atoms in total. The van der Waals surface area contributed by atoms with Crippen molar-refractivity contribution in [1.82, 2.24) is 0 Å². The Morgan fingerprint density at radius 3 is 2.58 bits per heavy atom. The summed E-state index contributed by atoms with van der Waals surface area (Å²) < 4.78 is 0.854. The van der Waals surface area contributed by atoms with Gasteiger partial charge in [-0.15, -0.1) is 0 Å². The predicted octanol–water partition coefficient (Wildman–Crippen LogP) is 3.06. The number of nitro benzene ring substituents is 1. The number of anilines is 1. The minimum atomic E-state index is -0.327. The molecule has 19 heavy (non-hydrogen) atoms. The van der Waals surface area contributed by atoms with Crippen LogP contribution in [0.5, 0.6) is 0 Å². The summed E-state index contributed by atoms with van der Waals surface area (Å²) in [5.41, 5.74) is 6.72. The lowest BCUT2D eigenvalue weighted by molar-refractivity contribution is -0.384. The van der Waals surface area contributed by atoms with Gasteiger partial charge in [0.15, 0.2) is 0 Å². The molecule has 1 aliphatic rings. The Morgan fingerprint density at radius 1 is 1.37 bits per heavy atom. The number of halogens is 1. The first kappa shape index (κ1) is 14.3. The van der Waals surface area contributed by atoms with E-state index in [2.05, 4.69) is 15.9 Å². The van der Waals surface area contributed by atoms with Gasteiger partial charge < -0.3 is 10.6 Å². The molecule has 1 aromatic rings. The first-order valence-corrected chi connectivity index (χ1v) is 7.20. The lowest BCUT2D eigenvalue weighted by Gasteiger charge is -2.34. The molecular formula is C13H18BrN3O2. The van der Waals surface area contributed by atoms with Crippen molar-refractivity contribution in [3.63, 3.8) is 0 Å². The van der Waals surface area contributed by atoms with Crippen molar-refractivity contribution >= 4 is 27.3 Å². The summed E-state index contributed by atoms with van der Waals surface area (Å²) >= 11 is 3.38. The highest BCUT2D eigenvalue weighted by atomic mass is 79.9. The standard InChI is InChI=1S/C13H18BrN3O2/c1-16(11-5-3-10(15)4-6-11)13-8-9(14)2-7-12(13)17(18)19/h2,7-8,10-11H,3-6,15H2,1H3. The van der Waals surface area contributed by atoms with Crippen molar-refractivity contribution < 1.29 is 4.92 Å². The highest BCUT2D eigenvalue weighted by molar-refractivity contribution is 9.10. The van der Waals surface area contributed by atoms with Crippen LogP contribution in [0.25, 0.3) is 0 Å². The first-order valence-electron chi connectivity index (χ1n) is 6.41. The van der Waals surface area contributed by atoms with Gasteiger partial charge in [0.2, 0.25) is 0 Å². The summed E-state index contributed by atoms with van der Waals surface area (Å²) in [6.45, 7) is 0. The van der Waals surface area contributed by atoms with Crippen LogP contribution < -0.4 is 10.6 Å². The van der Waals surface area contributed by atoms with E-state index in [1.807, 2.05) is 18.0 Å². The normalized spacial score (nSPS) is 23.1. The molecule has 104 valence electrons. The molecule has 2 N–H and O–H groups in total. The second kappa shape index (κ2) is 5.88. The van der Waals surface area contributed by atoms with Crippen molar-refractivity contribution in [3.05, 3.63) is 32.8 Å². The lowest BCUT2D eigenvalue weighted by Crippen LogP contribution is -2.39. The molecule has 0 spiro atoms. The SMILES string of the molecule is CN(c1cc(Br)ccc1[N+](=O)[O-])C1CCC(N)CC1. The molecule has 2 rings (SSSR count). The van der Waals surface area contributed by atoms with Gasteiger partial charge >= 0.3 is 0 Å². The maximum absolute atomic E-state index is 11.1. The number of hydrogen-bond donors (Lipinski definition) is 1. The Bertz CT molecular complexity index is 473. The Hall–Kier alpha value is -1.14. The van der Waals surface area contributed by atoms with Crippen molar-refractivity contribution in [2.45, 2.75) is 37.8 Å². The zero-order chi connectivity index (χ0) is 14.0. The molecule has 0 radical (unpaired) electrons. The Morgan fingerprint density at radius 2 is 2.00 bits per heavy atom. The molecule has 1 saturated carbocycles. The van der Waals surface area contributed by atoms with Crippen molar-refractivity contribution in [2.75, 3.05) is 11.9 Å².